The predicted molar refractivity (Wildman–Crippen MR) is 71.3 cm³/mol. The number of benzene rings is 1. The van der Waals surface area contributed by atoms with Crippen LogP contribution in [0.2, 0.25) is 0 Å². The predicted octanol–water partition coefficient (Wildman–Crippen LogP) is 1.78. The topological polar surface area (TPSA) is 100 Å². The molecule has 0 amide bonds. The summed E-state index contributed by atoms with van der Waals surface area (Å²) in [5.41, 5.74) is 1.21. The van der Waals surface area contributed by atoms with Crippen LogP contribution in [0.5, 0.6) is 0 Å². The fourth-order valence-electron chi connectivity index (χ4n) is 1.54. The van der Waals surface area contributed by atoms with Crippen molar-refractivity contribution in [2.75, 3.05) is 7.11 Å². The molecule has 2 rings (SSSR count). The fraction of sp³-hybridized carbons (Fsp3) is 0.182. The maximum absolute atomic E-state index is 11.4. The van der Waals surface area contributed by atoms with E-state index in [9.17, 15) is 14.9 Å². The number of halogens is 1. The monoisotopic (exact) mass is 340 g/mol. The summed E-state index contributed by atoms with van der Waals surface area (Å²) in [6, 6.07) is 4.94. The summed E-state index contributed by atoms with van der Waals surface area (Å²) >= 11 is 3.33. The van der Waals surface area contributed by atoms with Crippen LogP contribution in [0.1, 0.15) is 15.9 Å². The highest BCUT2D eigenvalue weighted by molar-refractivity contribution is 9.10. The lowest BCUT2D eigenvalue weighted by atomic mass is 10.1. The van der Waals surface area contributed by atoms with Crippen molar-refractivity contribution in [2.24, 2.45) is 0 Å². The number of esters is 1. The highest BCUT2D eigenvalue weighted by Gasteiger charge is 2.15. The Kier molecular flexibility index (Phi) is 4.08. The molecule has 0 saturated carbocycles. The molecule has 20 heavy (non-hydrogen) atoms. The molecule has 0 bridgehead atoms. The average molecular weight is 341 g/mol. The van der Waals surface area contributed by atoms with E-state index in [1.165, 1.54) is 18.1 Å². The van der Waals surface area contributed by atoms with Gasteiger partial charge in [-0.3, -0.25) is 0 Å². The van der Waals surface area contributed by atoms with Crippen LogP contribution in [-0.4, -0.2) is 32.8 Å². The molecule has 0 unspecified atom stereocenters. The zero-order chi connectivity index (χ0) is 14.7. The van der Waals surface area contributed by atoms with Crippen LogP contribution in [-0.2, 0) is 11.3 Å². The molecule has 0 N–H and O–H groups in total. The van der Waals surface area contributed by atoms with Gasteiger partial charge >= 0.3 is 11.9 Å². The van der Waals surface area contributed by atoms with Gasteiger partial charge < -0.3 is 14.9 Å². The van der Waals surface area contributed by atoms with E-state index in [2.05, 4.69) is 30.7 Å². The van der Waals surface area contributed by atoms with E-state index in [0.717, 1.165) is 5.56 Å². The van der Waals surface area contributed by atoms with Crippen LogP contribution in [0, 0.1) is 10.1 Å². The summed E-state index contributed by atoms with van der Waals surface area (Å²) in [6.45, 7) is 0.295. The summed E-state index contributed by atoms with van der Waals surface area (Å²) in [5.74, 6) is -0.888. The van der Waals surface area contributed by atoms with Gasteiger partial charge in [-0.1, -0.05) is 27.0 Å². The van der Waals surface area contributed by atoms with E-state index in [1.807, 2.05) is 0 Å². The number of carbonyl (C=O) groups excluding carboxylic acids is 1. The lowest BCUT2D eigenvalue weighted by molar-refractivity contribution is -0.394. The number of nitro groups is 1. The third-order valence-electron chi connectivity index (χ3n) is 2.49. The molecule has 0 atom stereocenters. The second-order valence-electron chi connectivity index (χ2n) is 3.80. The molecular formula is C11H9BrN4O4. The van der Waals surface area contributed by atoms with Gasteiger partial charge in [0.2, 0.25) is 6.33 Å². The number of nitrogens with zero attached hydrogens (tertiary/aromatic N) is 4. The maximum atomic E-state index is 11.4. The molecule has 1 heterocycles. The van der Waals surface area contributed by atoms with Crippen LogP contribution in [0.15, 0.2) is 29.0 Å². The first-order valence-corrected chi connectivity index (χ1v) is 6.21. The Morgan fingerprint density at radius 1 is 1.55 bits per heavy atom. The van der Waals surface area contributed by atoms with Gasteiger partial charge in [0.25, 0.3) is 0 Å². The molecule has 0 spiro atoms. The second-order valence-corrected chi connectivity index (χ2v) is 4.65. The molecule has 2 aromatic rings. The Balaban J connectivity index is 2.21. The second kappa shape index (κ2) is 5.78. The van der Waals surface area contributed by atoms with Crippen molar-refractivity contribution < 1.29 is 14.5 Å². The van der Waals surface area contributed by atoms with E-state index < -0.39 is 16.8 Å². The molecule has 9 heteroatoms. The molecule has 0 saturated heterocycles. The van der Waals surface area contributed by atoms with Crippen LogP contribution >= 0.6 is 15.9 Å². The summed E-state index contributed by atoms with van der Waals surface area (Å²) in [4.78, 5) is 24.8. The molecule has 0 aliphatic heterocycles. The van der Waals surface area contributed by atoms with Gasteiger partial charge in [0.1, 0.15) is 0 Å². The number of hydrogen-bond donors (Lipinski definition) is 0. The Labute approximate surface area is 121 Å². The van der Waals surface area contributed by atoms with E-state index >= 15 is 0 Å². The average Bonchev–Trinajstić information content (AvgIpc) is 2.89. The van der Waals surface area contributed by atoms with Gasteiger partial charge in [0, 0.05) is 9.57 Å². The van der Waals surface area contributed by atoms with Crippen molar-refractivity contribution in [1.29, 1.82) is 0 Å². The number of carbonyl (C=O) groups is 1. The molecule has 8 nitrogen and oxygen atoms in total. The number of methoxy groups -OCH3 is 1. The van der Waals surface area contributed by atoms with Crippen LogP contribution in [0.25, 0.3) is 0 Å². The van der Waals surface area contributed by atoms with Crippen LogP contribution in [0.4, 0.5) is 5.95 Å². The lowest BCUT2D eigenvalue weighted by Gasteiger charge is -2.05. The fourth-order valence-corrected chi connectivity index (χ4v) is 2.04. The molecular weight excluding hydrogens is 332 g/mol. The highest BCUT2D eigenvalue weighted by Crippen LogP contribution is 2.20. The maximum Gasteiger partial charge on any atom is 0.490 e. The number of ether oxygens (including phenoxy) is 1. The van der Waals surface area contributed by atoms with Crippen molar-refractivity contribution in [1.82, 2.24) is 14.8 Å². The van der Waals surface area contributed by atoms with Gasteiger partial charge in [-0.2, -0.15) is 4.68 Å². The first kappa shape index (κ1) is 14.1. The molecule has 0 fully saturated rings. The van der Waals surface area contributed by atoms with Crippen LogP contribution in [0.3, 0.4) is 0 Å². The first-order chi connectivity index (χ1) is 9.51. The minimum atomic E-state index is -0.661. The zero-order valence-corrected chi connectivity index (χ0v) is 11.9. The molecule has 1 aromatic heterocycles. The normalized spacial score (nSPS) is 10.3. The van der Waals surface area contributed by atoms with Gasteiger partial charge in [-0.15, -0.1) is 0 Å². The third kappa shape index (κ3) is 2.99. The molecule has 104 valence electrons. The Hall–Kier alpha value is -2.29. The van der Waals surface area contributed by atoms with Gasteiger partial charge in [-0.05, 0) is 22.6 Å². The Morgan fingerprint density at radius 2 is 2.30 bits per heavy atom. The summed E-state index contributed by atoms with van der Waals surface area (Å²) in [7, 11) is 1.30. The van der Waals surface area contributed by atoms with E-state index in [0.29, 0.717) is 16.6 Å². The van der Waals surface area contributed by atoms with Crippen molar-refractivity contribution in [2.45, 2.75) is 6.54 Å². The zero-order valence-electron chi connectivity index (χ0n) is 10.3. The summed E-state index contributed by atoms with van der Waals surface area (Å²) in [6.07, 6.45) is 1.28. The third-order valence-corrected chi connectivity index (χ3v) is 3.23. The minimum absolute atomic E-state index is 0.295. The number of rotatable bonds is 4. The van der Waals surface area contributed by atoms with Crippen molar-refractivity contribution in [3.8, 4) is 0 Å². The van der Waals surface area contributed by atoms with E-state index in [4.69, 9.17) is 0 Å². The number of hydrogen-bond acceptors (Lipinski definition) is 6. The number of aromatic nitrogens is 3. The smallest absolute Gasteiger partial charge is 0.465 e. The summed E-state index contributed by atoms with van der Waals surface area (Å²) < 4.78 is 6.64. The standard InChI is InChI=1S/C11H9BrN4O4/c1-20-10(17)7-2-3-8(9(12)4-7)5-15-6-13-11(14-15)16(18)19/h2-4,6H,5H2,1H3. The lowest BCUT2D eigenvalue weighted by Crippen LogP contribution is -2.05. The molecule has 0 aliphatic rings. The highest BCUT2D eigenvalue weighted by atomic mass is 79.9. The van der Waals surface area contributed by atoms with Crippen LogP contribution < -0.4 is 0 Å². The van der Waals surface area contributed by atoms with E-state index in [1.54, 1.807) is 18.2 Å². The van der Waals surface area contributed by atoms with Gasteiger partial charge in [0.15, 0.2) is 0 Å². The molecule has 0 radical (unpaired) electrons. The first-order valence-electron chi connectivity index (χ1n) is 5.42. The molecule has 0 aliphatic carbocycles. The Bertz CT molecular complexity index is 670. The largest absolute Gasteiger partial charge is 0.490 e. The van der Waals surface area contributed by atoms with E-state index in [-0.39, 0.29) is 0 Å². The van der Waals surface area contributed by atoms with Gasteiger partial charge in [-0.25, -0.2) is 4.79 Å². The van der Waals surface area contributed by atoms with Crippen molar-refractivity contribution in [3.05, 3.63) is 50.2 Å². The SMILES string of the molecule is COC(=O)c1ccc(Cn2cnc([N+](=O)[O-])n2)c(Br)c1. The quantitative estimate of drug-likeness (QED) is 0.477. The Morgan fingerprint density at radius 3 is 2.85 bits per heavy atom. The van der Waals surface area contributed by atoms with Gasteiger partial charge in [0.05, 0.1) is 19.2 Å². The van der Waals surface area contributed by atoms with Crippen molar-refractivity contribution >= 4 is 27.8 Å². The summed E-state index contributed by atoms with van der Waals surface area (Å²) in [5, 5.41) is 14.2. The van der Waals surface area contributed by atoms with Crippen molar-refractivity contribution in [3.63, 3.8) is 0 Å². The minimum Gasteiger partial charge on any atom is -0.465 e. The molecule has 1 aromatic carbocycles.